The molecular formula is C14H8Br2F2N2O2. The number of carbonyl (C=O) groups excluding carboxylic acids is 2. The number of halogens is 4. The summed E-state index contributed by atoms with van der Waals surface area (Å²) < 4.78 is 27.8. The third kappa shape index (κ3) is 3.40. The van der Waals surface area contributed by atoms with Crippen LogP contribution in [0.15, 0.2) is 45.3 Å². The second kappa shape index (κ2) is 6.64. The summed E-state index contributed by atoms with van der Waals surface area (Å²) in [6.07, 6.45) is 0. The van der Waals surface area contributed by atoms with Gasteiger partial charge >= 0.3 is 0 Å². The maximum Gasteiger partial charge on any atom is 0.278 e. The summed E-state index contributed by atoms with van der Waals surface area (Å²) in [4.78, 5) is 24.1. The Kier molecular flexibility index (Phi) is 5.05. The summed E-state index contributed by atoms with van der Waals surface area (Å²) in [7, 11) is 0. The molecule has 2 aromatic rings. The number of hydrogen-bond acceptors (Lipinski definition) is 3. The Bertz CT molecular complexity index is 769. The Balaban J connectivity index is 2.29. The smallest absolute Gasteiger partial charge is 0.267 e. The van der Waals surface area contributed by atoms with E-state index in [1.807, 2.05) is 0 Å². The zero-order valence-electron chi connectivity index (χ0n) is 10.8. The van der Waals surface area contributed by atoms with Crippen LogP contribution in [-0.2, 0) is 0 Å². The lowest BCUT2D eigenvalue weighted by molar-refractivity contribution is 0.0612. The van der Waals surface area contributed by atoms with E-state index in [0.29, 0.717) is 4.47 Å². The van der Waals surface area contributed by atoms with Crippen molar-refractivity contribution in [1.29, 1.82) is 0 Å². The van der Waals surface area contributed by atoms with Gasteiger partial charge < -0.3 is 0 Å². The Morgan fingerprint density at radius 1 is 0.955 bits per heavy atom. The van der Waals surface area contributed by atoms with Gasteiger partial charge in [0.2, 0.25) is 0 Å². The molecule has 0 aliphatic rings. The predicted molar refractivity (Wildman–Crippen MR) is 82.9 cm³/mol. The van der Waals surface area contributed by atoms with E-state index in [4.69, 9.17) is 5.84 Å². The Morgan fingerprint density at radius 3 is 2.23 bits per heavy atom. The maximum atomic E-state index is 13.7. The summed E-state index contributed by atoms with van der Waals surface area (Å²) in [6.45, 7) is 0. The number of imide groups is 1. The molecule has 2 N–H and O–H groups in total. The van der Waals surface area contributed by atoms with Gasteiger partial charge in [-0.2, -0.15) is 0 Å². The van der Waals surface area contributed by atoms with E-state index in [1.54, 1.807) is 0 Å². The SMILES string of the molecule is NN(C(=O)c1ccc(Br)c(F)c1)C(=O)c1ccc(Br)cc1F. The second-order valence-corrected chi connectivity index (χ2v) is 6.00. The summed E-state index contributed by atoms with van der Waals surface area (Å²) in [5, 5.41) is 0.245. The lowest BCUT2D eigenvalue weighted by Crippen LogP contribution is -2.43. The predicted octanol–water partition coefficient (Wildman–Crippen LogP) is 3.65. The normalized spacial score (nSPS) is 10.4. The quantitative estimate of drug-likeness (QED) is 0.340. The van der Waals surface area contributed by atoms with E-state index in [0.717, 1.165) is 12.1 Å². The van der Waals surface area contributed by atoms with Crippen molar-refractivity contribution in [3.63, 3.8) is 0 Å². The van der Waals surface area contributed by atoms with Crippen LogP contribution < -0.4 is 5.84 Å². The van der Waals surface area contributed by atoms with Crippen LogP contribution in [0.3, 0.4) is 0 Å². The molecule has 0 heterocycles. The average molecular weight is 434 g/mol. The number of nitrogens with two attached hydrogens (primary N) is 1. The maximum absolute atomic E-state index is 13.7. The van der Waals surface area contributed by atoms with Crippen LogP contribution >= 0.6 is 31.9 Å². The zero-order valence-corrected chi connectivity index (χ0v) is 14.0. The summed E-state index contributed by atoms with van der Waals surface area (Å²) in [5.41, 5.74) is -0.495. The van der Waals surface area contributed by atoms with Gasteiger partial charge in [-0.05, 0) is 52.3 Å². The van der Waals surface area contributed by atoms with Gasteiger partial charge in [-0.3, -0.25) is 9.59 Å². The van der Waals surface area contributed by atoms with Crippen LogP contribution in [0.25, 0.3) is 0 Å². The Labute approximate surface area is 141 Å². The second-order valence-electron chi connectivity index (χ2n) is 4.23. The Morgan fingerprint density at radius 2 is 1.64 bits per heavy atom. The van der Waals surface area contributed by atoms with Gasteiger partial charge in [0.1, 0.15) is 11.6 Å². The molecule has 2 aromatic carbocycles. The van der Waals surface area contributed by atoms with Crippen LogP contribution in [0.2, 0.25) is 0 Å². The van der Waals surface area contributed by atoms with E-state index in [2.05, 4.69) is 31.9 Å². The minimum Gasteiger partial charge on any atom is -0.267 e. The molecule has 4 nitrogen and oxygen atoms in total. The fraction of sp³-hybridized carbons (Fsp3) is 0. The topological polar surface area (TPSA) is 63.4 Å². The summed E-state index contributed by atoms with van der Waals surface area (Å²) in [5.74, 6) is 1.96. The third-order valence-corrected chi connectivity index (χ3v) is 3.90. The van der Waals surface area contributed by atoms with Gasteiger partial charge in [-0.25, -0.2) is 19.6 Å². The molecule has 0 fully saturated rings. The summed E-state index contributed by atoms with van der Waals surface area (Å²) >= 11 is 6.00. The van der Waals surface area contributed by atoms with Crippen molar-refractivity contribution in [2.75, 3.05) is 0 Å². The lowest BCUT2D eigenvalue weighted by Gasteiger charge is -2.15. The molecule has 114 valence electrons. The van der Waals surface area contributed by atoms with Crippen LogP contribution in [-0.4, -0.2) is 16.8 Å². The van der Waals surface area contributed by atoms with Gasteiger partial charge in [0, 0.05) is 10.0 Å². The van der Waals surface area contributed by atoms with Gasteiger partial charge in [0.05, 0.1) is 10.0 Å². The molecule has 0 saturated carbocycles. The standard InChI is InChI=1S/C14H8Br2F2N2O2/c15-8-2-3-9(11(17)6-8)14(22)20(19)13(21)7-1-4-10(16)12(18)5-7/h1-6H,19H2. The number of hydrazine groups is 1. The van der Waals surface area contributed by atoms with Crippen LogP contribution in [0.1, 0.15) is 20.7 Å². The van der Waals surface area contributed by atoms with Crippen molar-refractivity contribution in [1.82, 2.24) is 5.01 Å². The molecule has 0 unspecified atom stereocenters. The van der Waals surface area contributed by atoms with Gasteiger partial charge in [0.25, 0.3) is 11.8 Å². The highest BCUT2D eigenvalue weighted by molar-refractivity contribution is 9.10. The van der Waals surface area contributed by atoms with Crippen LogP contribution in [0, 0.1) is 11.6 Å². The molecule has 0 atom stereocenters. The molecule has 0 spiro atoms. The number of carbonyl (C=O) groups is 2. The van der Waals surface area contributed by atoms with Crippen molar-refractivity contribution in [2.45, 2.75) is 0 Å². The van der Waals surface area contributed by atoms with Gasteiger partial charge in [-0.1, -0.05) is 15.9 Å². The fourth-order valence-electron chi connectivity index (χ4n) is 1.65. The molecule has 0 aromatic heterocycles. The van der Waals surface area contributed by atoms with Crippen molar-refractivity contribution < 1.29 is 18.4 Å². The van der Waals surface area contributed by atoms with E-state index < -0.39 is 23.4 Å². The molecular weight excluding hydrogens is 426 g/mol. The lowest BCUT2D eigenvalue weighted by atomic mass is 10.1. The van der Waals surface area contributed by atoms with Crippen molar-refractivity contribution >= 4 is 43.7 Å². The molecule has 8 heteroatoms. The minimum atomic E-state index is -1.03. The highest BCUT2D eigenvalue weighted by Crippen LogP contribution is 2.19. The molecule has 0 bridgehead atoms. The first-order chi connectivity index (χ1) is 10.3. The fourth-order valence-corrected chi connectivity index (χ4v) is 2.23. The highest BCUT2D eigenvalue weighted by atomic mass is 79.9. The molecule has 0 radical (unpaired) electrons. The molecule has 2 amide bonds. The molecule has 22 heavy (non-hydrogen) atoms. The van der Waals surface area contributed by atoms with Crippen LogP contribution in [0.4, 0.5) is 8.78 Å². The average Bonchev–Trinajstić information content (AvgIpc) is 2.48. The monoisotopic (exact) mass is 432 g/mol. The largest absolute Gasteiger partial charge is 0.278 e. The summed E-state index contributed by atoms with van der Waals surface area (Å²) in [6, 6.07) is 7.23. The number of rotatable bonds is 2. The Hall–Kier alpha value is -1.64. The van der Waals surface area contributed by atoms with E-state index in [9.17, 15) is 18.4 Å². The number of nitrogens with zero attached hydrogens (tertiary/aromatic N) is 1. The first-order valence-electron chi connectivity index (χ1n) is 5.85. The van der Waals surface area contributed by atoms with E-state index in [1.165, 1.54) is 24.3 Å². The van der Waals surface area contributed by atoms with Gasteiger partial charge in [0.15, 0.2) is 0 Å². The first-order valence-corrected chi connectivity index (χ1v) is 7.43. The molecule has 0 aliphatic heterocycles. The molecule has 0 saturated heterocycles. The van der Waals surface area contributed by atoms with Crippen molar-refractivity contribution in [2.24, 2.45) is 5.84 Å². The van der Waals surface area contributed by atoms with E-state index in [-0.39, 0.29) is 20.6 Å². The minimum absolute atomic E-state index is 0.130. The highest BCUT2D eigenvalue weighted by Gasteiger charge is 2.24. The third-order valence-electron chi connectivity index (χ3n) is 2.77. The first kappa shape index (κ1) is 16.7. The van der Waals surface area contributed by atoms with Crippen LogP contribution in [0.5, 0.6) is 0 Å². The zero-order chi connectivity index (χ0) is 16.4. The van der Waals surface area contributed by atoms with Gasteiger partial charge in [-0.15, -0.1) is 0 Å². The van der Waals surface area contributed by atoms with E-state index >= 15 is 0 Å². The van der Waals surface area contributed by atoms with Crippen molar-refractivity contribution in [3.8, 4) is 0 Å². The number of hydrogen-bond donors (Lipinski definition) is 1. The number of amides is 2. The molecule has 2 rings (SSSR count). The van der Waals surface area contributed by atoms with Crippen molar-refractivity contribution in [3.05, 3.63) is 68.1 Å². The molecule has 0 aliphatic carbocycles. The number of benzene rings is 2.